The van der Waals surface area contributed by atoms with Crippen LogP contribution in [0.15, 0.2) is 42.5 Å². The number of hydrogen-bond acceptors (Lipinski definition) is 1. The zero-order valence-electron chi connectivity index (χ0n) is 26.1. The van der Waals surface area contributed by atoms with Crippen molar-refractivity contribution in [2.24, 2.45) is 23.7 Å². The fourth-order valence-electron chi connectivity index (χ4n) is 10.5. The van der Waals surface area contributed by atoms with Gasteiger partial charge in [-0.2, -0.15) is 0 Å². The molecule has 3 aromatic rings. The van der Waals surface area contributed by atoms with Crippen LogP contribution in [0, 0.1) is 23.7 Å². The lowest BCUT2D eigenvalue weighted by Crippen LogP contribution is -2.45. The molecule has 2 aromatic carbocycles. The number of benzene rings is 2. The number of aromatic nitrogens is 1. The maximum Gasteiger partial charge on any atom is 0.0713 e. The van der Waals surface area contributed by atoms with E-state index in [1.165, 1.54) is 145 Å². The van der Waals surface area contributed by atoms with Crippen LogP contribution in [0.5, 0.6) is 0 Å². The molecule has 0 bridgehead atoms. The van der Waals surface area contributed by atoms with Gasteiger partial charge in [0.2, 0.25) is 0 Å². The van der Waals surface area contributed by atoms with Gasteiger partial charge in [0, 0.05) is 21.1 Å². The maximum atomic E-state index is 5.37. The largest absolute Gasteiger partial charge is 0.248 e. The Kier molecular flexibility index (Phi) is 9.01. The Morgan fingerprint density at radius 1 is 0.500 bits per heavy atom. The summed E-state index contributed by atoms with van der Waals surface area (Å²) in [5.74, 6) is 3.05. The first-order valence-corrected chi connectivity index (χ1v) is 19.2. The lowest BCUT2D eigenvalue weighted by atomic mass is 9.60. The van der Waals surface area contributed by atoms with Crippen molar-refractivity contribution >= 4 is 40.3 Å². The van der Waals surface area contributed by atoms with Gasteiger partial charge < -0.3 is 0 Å². The summed E-state index contributed by atoms with van der Waals surface area (Å²) in [6.45, 7) is 0. The lowest BCUT2D eigenvalue weighted by molar-refractivity contribution is 0.158. The summed E-state index contributed by atoms with van der Waals surface area (Å²) in [5.41, 5.74) is 5.82. The molecule has 2 atom stereocenters. The molecule has 0 spiro atoms. The van der Waals surface area contributed by atoms with Gasteiger partial charge in [0.05, 0.1) is 11.0 Å². The minimum absolute atomic E-state index is 0.130. The number of para-hydroxylation sites is 1. The first-order valence-electron chi connectivity index (χ1n) is 18.0. The molecule has 0 radical (unpaired) electrons. The second kappa shape index (κ2) is 12.8. The van der Waals surface area contributed by atoms with E-state index in [1.54, 1.807) is 11.1 Å². The number of fused-ring (bicyclic) bond motifs is 2. The number of pyridine rings is 1. The van der Waals surface area contributed by atoms with Gasteiger partial charge >= 0.3 is 0 Å². The summed E-state index contributed by atoms with van der Waals surface area (Å²) in [6.07, 6.45) is 28.2. The minimum atomic E-state index is 0.130. The van der Waals surface area contributed by atoms with Crippen LogP contribution in [-0.4, -0.2) is 4.98 Å². The van der Waals surface area contributed by atoms with Crippen LogP contribution >= 0.6 is 18.5 Å². The van der Waals surface area contributed by atoms with E-state index >= 15 is 0 Å². The molecule has 1 aromatic heterocycles. The summed E-state index contributed by atoms with van der Waals surface area (Å²) in [7, 11) is 7.39. The molecule has 0 N–H and O–H groups in total. The van der Waals surface area contributed by atoms with E-state index in [0.29, 0.717) is 0 Å². The Morgan fingerprint density at radius 2 is 0.952 bits per heavy atom. The van der Waals surface area contributed by atoms with Crippen LogP contribution in [0.3, 0.4) is 0 Å². The van der Waals surface area contributed by atoms with E-state index in [1.807, 2.05) is 0 Å². The molecular weight excluding hydrogens is 544 g/mol. The number of nitrogens with zero attached hydrogens (tertiary/aromatic N) is 1. The highest BCUT2D eigenvalue weighted by Crippen LogP contribution is 2.62. The summed E-state index contributed by atoms with van der Waals surface area (Å²) in [4.78, 5) is 5.37. The van der Waals surface area contributed by atoms with E-state index in [0.717, 1.165) is 29.2 Å². The fraction of sp³-hybridized carbons (Fsp3) is 0.667. The van der Waals surface area contributed by atoms with Crippen molar-refractivity contribution in [3.05, 3.63) is 53.6 Å². The Morgan fingerprint density at radius 3 is 1.45 bits per heavy atom. The van der Waals surface area contributed by atoms with E-state index < -0.39 is 0 Å². The average Bonchev–Trinajstić information content (AvgIpc) is 3.07. The molecule has 42 heavy (non-hydrogen) atoms. The van der Waals surface area contributed by atoms with Crippen LogP contribution in [0.25, 0.3) is 21.8 Å². The highest BCUT2D eigenvalue weighted by molar-refractivity contribution is 7.19. The standard InChI is InChI=1S/C39H55NP2/c41-38(29-16-5-1-6-17-29,30-18-7-2-8-19-30)34-25-26-36-33(27-28-15-13-14-24-35(28)40-36)37(34)39(42,31-20-9-3-10-21-31)32-22-11-4-12-23-32/h13-15,24-27,29-32H,1-12,16-23,41-42H2. The predicted octanol–water partition coefficient (Wildman–Crippen LogP) is 11.8. The first-order chi connectivity index (χ1) is 20.6. The van der Waals surface area contributed by atoms with E-state index in [-0.39, 0.29) is 10.3 Å². The predicted molar refractivity (Wildman–Crippen MR) is 188 cm³/mol. The third-order valence-electron chi connectivity index (χ3n) is 12.7. The van der Waals surface area contributed by atoms with Gasteiger partial charge in [-0.05, 0) is 104 Å². The van der Waals surface area contributed by atoms with E-state index in [9.17, 15) is 0 Å². The maximum absolute atomic E-state index is 5.37. The highest BCUT2D eigenvalue weighted by Gasteiger charge is 2.51. The van der Waals surface area contributed by atoms with E-state index in [4.69, 9.17) is 4.98 Å². The summed E-state index contributed by atoms with van der Waals surface area (Å²) in [5, 5.41) is 3.09. The van der Waals surface area contributed by atoms with Gasteiger partial charge in [-0.25, -0.2) is 4.98 Å². The summed E-state index contributed by atoms with van der Waals surface area (Å²) >= 11 is 0. The number of hydrogen-bond donors (Lipinski definition) is 0. The second-order valence-corrected chi connectivity index (χ2v) is 16.9. The van der Waals surface area contributed by atoms with Crippen molar-refractivity contribution in [3.63, 3.8) is 0 Å². The van der Waals surface area contributed by atoms with Crippen LogP contribution in [0.4, 0.5) is 0 Å². The third-order valence-corrected chi connectivity index (χ3v) is 15.2. The van der Waals surface area contributed by atoms with Gasteiger partial charge in [-0.1, -0.05) is 101 Å². The second-order valence-electron chi connectivity index (χ2n) is 14.9. The van der Waals surface area contributed by atoms with Crippen molar-refractivity contribution in [3.8, 4) is 0 Å². The van der Waals surface area contributed by atoms with Gasteiger partial charge in [0.25, 0.3) is 0 Å². The van der Waals surface area contributed by atoms with Crippen molar-refractivity contribution < 1.29 is 0 Å². The molecule has 0 aliphatic heterocycles. The molecule has 4 aliphatic rings. The van der Waals surface area contributed by atoms with Crippen LogP contribution < -0.4 is 0 Å². The summed E-state index contributed by atoms with van der Waals surface area (Å²) in [6, 6.07) is 16.5. The van der Waals surface area contributed by atoms with Gasteiger partial charge in [-0.3, -0.25) is 0 Å². The molecular formula is C39H55NP2. The molecule has 1 heterocycles. The fourth-order valence-corrected chi connectivity index (χ4v) is 12.4. The smallest absolute Gasteiger partial charge is 0.0713 e. The molecule has 4 fully saturated rings. The lowest BCUT2D eigenvalue weighted by Gasteiger charge is -2.53. The molecule has 226 valence electrons. The molecule has 2 unspecified atom stereocenters. The zero-order chi connectivity index (χ0) is 28.6. The Hall–Kier alpha value is -1.03. The summed E-state index contributed by atoms with van der Waals surface area (Å²) < 4.78 is 0. The SMILES string of the molecule is PC(c1ccc2nc3ccccc3cc2c1C(P)(C1CCCCC1)C1CCCCC1)(C1CCCCC1)C1CCCCC1. The molecule has 4 aliphatic carbocycles. The molecule has 0 saturated heterocycles. The quantitative estimate of drug-likeness (QED) is 0.203. The van der Waals surface area contributed by atoms with Crippen molar-refractivity contribution in [2.45, 2.75) is 139 Å². The Labute approximate surface area is 260 Å². The van der Waals surface area contributed by atoms with Gasteiger partial charge in [0.1, 0.15) is 0 Å². The topological polar surface area (TPSA) is 12.9 Å². The van der Waals surface area contributed by atoms with Crippen molar-refractivity contribution in [2.75, 3.05) is 0 Å². The van der Waals surface area contributed by atoms with Crippen LogP contribution in [-0.2, 0) is 10.3 Å². The number of rotatable bonds is 6. The van der Waals surface area contributed by atoms with Crippen LogP contribution in [0.1, 0.15) is 140 Å². The molecule has 1 nitrogen and oxygen atoms in total. The van der Waals surface area contributed by atoms with Crippen molar-refractivity contribution in [1.82, 2.24) is 4.98 Å². The third kappa shape index (κ3) is 5.30. The van der Waals surface area contributed by atoms with E-state index in [2.05, 4.69) is 60.9 Å². The first kappa shape index (κ1) is 29.7. The minimum Gasteiger partial charge on any atom is -0.248 e. The molecule has 4 saturated carbocycles. The zero-order valence-corrected chi connectivity index (χ0v) is 28.4. The van der Waals surface area contributed by atoms with Crippen molar-refractivity contribution in [1.29, 1.82) is 0 Å². The normalized spacial score (nSPS) is 23.1. The average molecular weight is 600 g/mol. The monoisotopic (exact) mass is 599 g/mol. The molecule has 7 rings (SSSR count). The molecule has 3 heteroatoms. The Balaban J connectivity index is 1.53. The Bertz CT molecular complexity index is 1320. The van der Waals surface area contributed by atoms with Gasteiger partial charge in [-0.15, -0.1) is 18.5 Å². The van der Waals surface area contributed by atoms with Gasteiger partial charge in [0.15, 0.2) is 0 Å². The van der Waals surface area contributed by atoms with Crippen LogP contribution in [0.2, 0.25) is 0 Å². The highest BCUT2D eigenvalue weighted by atomic mass is 31.0. The molecule has 0 amide bonds.